The van der Waals surface area contributed by atoms with E-state index < -0.39 is 29.2 Å². The van der Waals surface area contributed by atoms with E-state index in [2.05, 4.69) is 262 Å². The van der Waals surface area contributed by atoms with Crippen LogP contribution in [-0.2, 0) is 20.1 Å². The van der Waals surface area contributed by atoms with Crippen LogP contribution in [0.4, 0.5) is 0 Å². The van der Waals surface area contributed by atoms with Crippen LogP contribution in [0.25, 0.3) is 33.4 Å². The van der Waals surface area contributed by atoms with Crippen LogP contribution in [0.2, 0.25) is 0 Å². The maximum Gasteiger partial charge on any atom is 0.495 e. The summed E-state index contributed by atoms with van der Waals surface area (Å²) in [5.41, 5.74) is 16.3. The summed E-state index contributed by atoms with van der Waals surface area (Å²) in [4.78, 5) is 0. The lowest BCUT2D eigenvalue weighted by atomic mass is 9.59. The normalized spacial score (nSPS) is 14.7. The van der Waals surface area contributed by atoms with Crippen molar-refractivity contribution in [2.24, 2.45) is 0 Å². The second-order valence-corrected chi connectivity index (χ2v) is 24.5. The first-order valence-electron chi connectivity index (χ1n) is 30.2. The molecule has 8 heteroatoms. The van der Waals surface area contributed by atoms with Gasteiger partial charge in [-0.3, -0.25) is 0 Å². The summed E-state index contributed by atoms with van der Waals surface area (Å²) in [5, 5.41) is 17.8. The molecule has 3 aliphatic heterocycles. The molecule has 90 heavy (non-hydrogen) atoms. The van der Waals surface area contributed by atoms with E-state index in [0.717, 1.165) is 88.6 Å². The lowest BCUT2D eigenvalue weighted by molar-refractivity contribution is 0.00578. The molecule has 0 unspecified atom stereocenters. The Balaban J connectivity index is 0.000000136. The molecule has 3 heterocycles. The standard InChI is InChI=1S/C38H25NO.C31H29BO3.C13H8BrN/c39-26-27-18-20-28(21-19-27)29-22-24-30(25-23-29)32-12-4-5-13-33(32)38(31-10-2-1-3-11-31)34-14-6-8-16-36(34)40-37-17-9-7-15-35(37)38;1-29(2)30(3,4)35-32(34-29)26-19-11-8-16-23(26)31(22-14-6-5-7-15-22)24-17-9-12-20-27(24)33-28-21-13-10-18-25(28)31;14-13-7-5-12(6-8-13)11-3-1-10(9-15)2-4-11/h1-25H;5-21H,1-4H3;1-8H. The van der Waals surface area contributed by atoms with Gasteiger partial charge in [0.15, 0.2) is 0 Å². The summed E-state index contributed by atoms with van der Waals surface area (Å²) in [6, 6.07) is 109. The molecule has 0 aliphatic carbocycles. The lowest BCUT2D eigenvalue weighted by Crippen LogP contribution is -2.44. The summed E-state index contributed by atoms with van der Waals surface area (Å²) in [5.74, 6) is 3.46. The zero-order valence-electron chi connectivity index (χ0n) is 50.4. The van der Waals surface area contributed by atoms with Gasteiger partial charge in [0, 0.05) is 26.7 Å². The van der Waals surface area contributed by atoms with Crippen LogP contribution in [0.5, 0.6) is 23.0 Å². The molecule has 0 radical (unpaired) electrons. The van der Waals surface area contributed by atoms with Crippen LogP contribution in [0.15, 0.2) is 308 Å². The first-order chi connectivity index (χ1) is 43.9. The Hall–Kier alpha value is -10.3. The van der Waals surface area contributed by atoms with Gasteiger partial charge in [-0.25, -0.2) is 0 Å². The average Bonchev–Trinajstić information content (AvgIpc) is 0.747. The minimum absolute atomic E-state index is 0.434. The average molecular weight is 1230 g/mol. The van der Waals surface area contributed by atoms with Crippen molar-refractivity contribution < 1.29 is 18.8 Å². The summed E-state index contributed by atoms with van der Waals surface area (Å²) >= 11 is 3.40. The van der Waals surface area contributed by atoms with Crippen molar-refractivity contribution in [1.29, 1.82) is 10.5 Å². The maximum atomic E-state index is 9.16. The monoisotopic (exact) mass is 1230 g/mol. The van der Waals surface area contributed by atoms with Crippen LogP contribution in [0.1, 0.15) is 83.3 Å². The fraction of sp³-hybridized carbons (Fsp3) is 0.0976. The van der Waals surface area contributed by atoms with E-state index >= 15 is 0 Å². The van der Waals surface area contributed by atoms with E-state index in [-0.39, 0.29) is 0 Å². The second kappa shape index (κ2) is 24.7. The van der Waals surface area contributed by atoms with Crippen molar-refractivity contribution in [3.8, 4) is 68.5 Å². The number of nitrogens with zero attached hydrogens (tertiary/aromatic N) is 2. The SMILES string of the molecule is CC1(C)OB(c2ccccc2C2(c3ccccc3)c3ccccc3Oc3ccccc32)OC1(C)C.N#Cc1ccc(-c2ccc(-c3ccccc3C3(c4ccccc4)c4ccccc4Oc4ccccc43)cc2)cc1.N#Cc1ccc(-c2ccc(Br)cc2)cc1. The fourth-order valence-corrected chi connectivity index (χ4v) is 13.2. The van der Waals surface area contributed by atoms with Crippen molar-refractivity contribution in [2.45, 2.75) is 49.7 Å². The van der Waals surface area contributed by atoms with Crippen LogP contribution in [0, 0.1) is 22.7 Å². The van der Waals surface area contributed by atoms with Gasteiger partial charge in [-0.05, 0) is 149 Å². The largest absolute Gasteiger partial charge is 0.495 e. The molecule has 1 fully saturated rings. The fourth-order valence-electron chi connectivity index (χ4n) is 12.9. The van der Waals surface area contributed by atoms with E-state index in [9.17, 15) is 0 Å². The molecule has 0 amide bonds. The Kier molecular flexibility index (Phi) is 16.1. The Bertz CT molecular complexity index is 4530. The summed E-state index contributed by atoms with van der Waals surface area (Å²) in [7, 11) is -0.487. The van der Waals surface area contributed by atoms with Crippen molar-refractivity contribution >= 4 is 28.5 Å². The summed E-state index contributed by atoms with van der Waals surface area (Å²) in [6.07, 6.45) is 0. The highest BCUT2D eigenvalue weighted by molar-refractivity contribution is 9.10. The molecule has 15 rings (SSSR count). The Labute approximate surface area is 536 Å². The smallest absolute Gasteiger partial charge is 0.457 e. The van der Waals surface area contributed by atoms with Gasteiger partial charge in [0.25, 0.3) is 0 Å². The molecule has 0 spiro atoms. The van der Waals surface area contributed by atoms with E-state index in [1.165, 1.54) is 22.3 Å². The Morgan fingerprint density at radius 1 is 0.311 bits per heavy atom. The lowest BCUT2D eigenvalue weighted by Gasteiger charge is -2.42. The number of hydrogen-bond donors (Lipinski definition) is 0. The first-order valence-corrected chi connectivity index (χ1v) is 31.0. The highest BCUT2D eigenvalue weighted by atomic mass is 79.9. The molecule has 0 bridgehead atoms. The highest BCUT2D eigenvalue weighted by Gasteiger charge is 2.55. The molecule has 1 saturated heterocycles. The molecule has 12 aromatic carbocycles. The molecule has 434 valence electrons. The number of halogens is 1. The number of hydrogen-bond acceptors (Lipinski definition) is 6. The zero-order valence-corrected chi connectivity index (χ0v) is 51.9. The van der Waals surface area contributed by atoms with Crippen LogP contribution in [-0.4, -0.2) is 18.3 Å². The van der Waals surface area contributed by atoms with Gasteiger partial charge in [-0.15, -0.1) is 0 Å². The molecular weight excluding hydrogens is 1170 g/mol. The van der Waals surface area contributed by atoms with E-state index in [4.69, 9.17) is 29.3 Å². The third-order valence-corrected chi connectivity index (χ3v) is 18.5. The molecule has 12 aromatic rings. The minimum atomic E-state index is -0.604. The van der Waals surface area contributed by atoms with E-state index in [1.807, 2.05) is 97.1 Å². The Morgan fingerprint density at radius 2 is 0.611 bits per heavy atom. The number of ether oxygens (including phenoxy) is 2. The van der Waals surface area contributed by atoms with Gasteiger partial charge in [0.1, 0.15) is 23.0 Å². The number of fused-ring (bicyclic) bond motifs is 4. The first kappa shape index (κ1) is 58.7. The topological polar surface area (TPSA) is 84.5 Å². The van der Waals surface area contributed by atoms with Gasteiger partial charge in [0.05, 0.1) is 45.3 Å². The van der Waals surface area contributed by atoms with Crippen molar-refractivity contribution in [2.75, 3.05) is 0 Å². The third-order valence-electron chi connectivity index (χ3n) is 18.0. The molecule has 0 atom stereocenters. The predicted octanol–water partition coefficient (Wildman–Crippen LogP) is 19.8. The molecule has 6 nitrogen and oxygen atoms in total. The van der Waals surface area contributed by atoms with E-state index in [0.29, 0.717) is 11.1 Å². The highest BCUT2D eigenvalue weighted by Crippen LogP contribution is 2.58. The van der Waals surface area contributed by atoms with Gasteiger partial charge < -0.3 is 18.8 Å². The van der Waals surface area contributed by atoms with Gasteiger partial charge in [-0.1, -0.05) is 259 Å². The molecule has 0 N–H and O–H groups in total. The van der Waals surface area contributed by atoms with E-state index in [1.54, 1.807) is 0 Å². The quantitative estimate of drug-likeness (QED) is 0.141. The number of nitriles is 2. The maximum absolute atomic E-state index is 9.16. The summed E-state index contributed by atoms with van der Waals surface area (Å²) < 4.78 is 27.2. The van der Waals surface area contributed by atoms with Gasteiger partial charge in [0.2, 0.25) is 0 Å². The van der Waals surface area contributed by atoms with Gasteiger partial charge in [-0.2, -0.15) is 10.5 Å². The van der Waals surface area contributed by atoms with Crippen molar-refractivity contribution in [1.82, 2.24) is 0 Å². The molecule has 3 aliphatic rings. The van der Waals surface area contributed by atoms with Crippen LogP contribution >= 0.6 is 15.9 Å². The molecule has 0 saturated carbocycles. The number of benzene rings is 12. The predicted molar refractivity (Wildman–Crippen MR) is 365 cm³/mol. The number of para-hydroxylation sites is 4. The molecular formula is C82H62BBrN2O4. The van der Waals surface area contributed by atoms with Crippen molar-refractivity contribution in [3.05, 3.63) is 363 Å². The summed E-state index contributed by atoms with van der Waals surface area (Å²) in [6.45, 7) is 8.40. The van der Waals surface area contributed by atoms with Crippen LogP contribution < -0.4 is 14.9 Å². The second-order valence-electron chi connectivity index (χ2n) is 23.6. The third kappa shape index (κ3) is 10.7. The zero-order chi connectivity index (χ0) is 61.9. The number of rotatable bonds is 8. The Morgan fingerprint density at radius 3 is 1.01 bits per heavy atom. The van der Waals surface area contributed by atoms with Gasteiger partial charge >= 0.3 is 7.12 Å². The molecule has 0 aromatic heterocycles. The minimum Gasteiger partial charge on any atom is -0.457 e. The van der Waals surface area contributed by atoms with Crippen LogP contribution in [0.3, 0.4) is 0 Å². The van der Waals surface area contributed by atoms with Crippen molar-refractivity contribution in [3.63, 3.8) is 0 Å².